The number of benzene rings is 4. The van der Waals surface area contributed by atoms with Crippen molar-refractivity contribution < 1.29 is 34.1 Å². The Morgan fingerprint density at radius 1 is 0.787 bits per heavy atom. The van der Waals surface area contributed by atoms with Gasteiger partial charge in [0.2, 0.25) is 17.7 Å². The molecule has 324 valence electrons. The second kappa shape index (κ2) is 21.8. The van der Waals surface area contributed by atoms with Crippen LogP contribution in [0.25, 0.3) is 10.9 Å². The van der Waals surface area contributed by atoms with Crippen LogP contribution >= 0.6 is 23.2 Å². The van der Waals surface area contributed by atoms with Crippen LogP contribution in [0.1, 0.15) is 74.9 Å². The fourth-order valence-electron chi connectivity index (χ4n) is 7.31. The molecule has 0 aliphatic heterocycles. The van der Waals surface area contributed by atoms with Gasteiger partial charge in [0.1, 0.15) is 23.4 Å². The van der Waals surface area contributed by atoms with E-state index in [0.29, 0.717) is 53.4 Å². The van der Waals surface area contributed by atoms with E-state index in [9.17, 15) is 29.4 Å². The molecule has 0 saturated heterocycles. The van der Waals surface area contributed by atoms with Crippen LogP contribution in [-0.4, -0.2) is 56.6 Å². The summed E-state index contributed by atoms with van der Waals surface area (Å²) in [5, 5.41) is 31.7. The molecule has 0 spiro atoms. The molecule has 0 radical (unpaired) electrons. The quantitative estimate of drug-likeness (QED) is 0.0519. The second-order valence-corrected chi connectivity index (χ2v) is 16.5. The maximum absolute atomic E-state index is 14.5. The van der Waals surface area contributed by atoms with Crippen LogP contribution in [0.3, 0.4) is 0 Å². The number of aromatic amines is 1. The van der Waals surface area contributed by atoms with E-state index in [1.54, 1.807) is 31.2 Å². The molecule has 0 saturated carbocycles. The van der Waals surface area contributed by atoms with E-state index >= 15 is 0 Å². The maximum atomic E-state index is 14.5. The van der Waals surface area contributed by atoms with Crippen LogP contribution in [0.4, 0.5) is 4.79 Å². The number of aryl methyl sites for hydroxylation is 1. The Hall–Kier alpha value is -5.56. The summed E-state index contributed by atoms with van der Waals surface area (Å²) < 4.78 is 5.61. The molecule has 12 nitrogen and oxygen atoms in total. The van der Waals surface area contributed by atoms with Crippen molar-refractivity contribution in [3.05, 3.63) is 135 Å². The molecule has 1 heterocycles. The normalized spacial score (nSPS) is 16.4. The summed E-state index contributed by atoms with van der Waals surface area (Å²) >= 11 is 12.8. The van der Waals surface area contributed by atoms with Gasteiger partial charge in [-0.1, -0.05) is 137 Å². The van der Waals surface area contributed by atoms with Crippen LogP contribution in [0.2, 0.25) is 10.0 Å². The number of aromatic nitrogens is 1. The minimum atomic E-state index is -1.52. The molecule has 0 bridgehead atoms. The van der Waals surface area contributed by atoms with Crippen molar-refractivity contribution in [2.45, 2.75) is 97.2 Å². The lowest BCUT2D eigenvalue weighted by Gasteiger charge is -2.39. The van der Waals surface area contributed by atoms with E-state index < -0.39 is 41.4 Å². The highest BCUT2D eigenvalue weighted by atomic mass is 35.5. The largest absolute Gasteiger partial charge is 0.508 e. The minimum absolute atomic E-state index is 0.0548. The molecular weight excluding hydrogens is 817 g/mol. The molecular formula is C47H55Cl2N5O7. The van der Waals surface area contributed by atoms with Crippen LogP contribution < -0.4 is 21.3 Å². The SMILES string of the molecule is CCC(C)[C@H](NC(=O)O)C(=O)N[C@]1(C(=O)N[C@H](C(=O)NCc2ccc(O)cc2)C(C)CC)CCc2[nH]c3c(Cl)cc(Cl)cc3c2C1.c1ccc(COCc2ccccc2)cc1. The van der Waals surface area contributed by atoms with Gasteiger partial charge in [0.05, 0.1) is 23.8 Å². The molecule has 5 atom stereocenters. The number of phenols is 1. The Labute approximate surface area is 366 Å². The summed E-state index contributed by atoms with van der Waals surface area (Å²) in [6, 6.07) is 28.2. The van der Waals surface area contributed by atoms with Gasteiger partial charge in [0, 0.05) is 29.1 Å². The summed E-state index contributed by atoms with van der Waals surface area (Å²) in [6.07, 6.45) is 0.343. The number of ether oxygens (including phenoxy) is 1. The van der Waals surface area contributed by atoms with Crippen molar-refractivity contribution >= 4 is 57.9 Å². The third-order valence-electron chi connectivity index (χ3n) is 11.3. The van der Waals surface area contributed by atoms with Crippen LogP contribution in [-0.2, 0) is 51.7 Å². The Balaban J connectivity index is 0.000000392. The van der Waals surface area contributed by atoms with E-state index in [2.05, 4.69) is 50.5 Å². The zero-order valence-electron chi connectivity index (χ0n) is 34.9. The number of nitrogens with one attached hydrogen (secondary N) is 5. The Bertz CT molecular complexity index is 2220. The molecule has 1 aliphatic rings. The van der Waals surface area contributed by atoms with E-state index in [4.69, 9.17) is 27.9 Å². The number of fused-ring (bicyclic) bond motifs is 3. The molecule has 1 aromatic heterocycles. The highest BCUT2D eigenvalue weighted by Crippen LogP contribution is 2.38. The number of H-pyrrole nitrogens is 1. The number of hydrogen-bond acceptors (Lipinski definition) is 6. The van der Waals surface area contributed by atoms with E-state index in [-0.39, 0.29) is 37.0 Å². The molecule has 6 rings (SSSR count). The first-order valence-corrected chi connectivity index (χ1v) is 21.3. The molecule has 5 aromatic rings. The molecule has 0 fully saturated rings. The molecule has 4 aromatic carbocycles. The van der Waals surface area contributed by atoms with Gasteiger partial charge in [-0.15, -0.1) is 0 Å². The van der Waals surface area contributed by atoms with Gasteiger partial charge in [-0.2, -0.15) is 0 Å². The standard InChI is InChI=1S/C33H41Cl2N5O6.C14H14O/c1-5-17(3)26(29(42)36-16-19-7-9-21(41)10-8-19)38-31(44)33(40-30(43)27(18(4)6-2)39-32(45)46)12-11-25-23(15-33)22-13-20(34)14-24(35)28(22)37-25;1-3-7-13(8-4-1)11-15-12-14-9-5-2-6-10-14/h7-10,13-14,17-18,26-27,37,39,41H,5-6,11-12,15-16H2,1-4H3,(H,36,42)(H,38,44)(H,40,43)(H,45,46);1-10H,11-12H2/t17?,18?,26-,27-,33+;/m0./s1. The van der Waals surface area contributed by atoms with Crippen molar-refractivity contribution in [2.24, 2.45) is 11.8 Å². The first-order valence-electron chi connectivity index (χ1n) is 20.6. The number of hydrogen-bond donors (Lipinski definition) is 7. The summed E-state index contributed by atoms with van der Waals surface area (Å²) in [5.74, 6) is -2.11. The average Bonchev–Trinajstić information content (AvgIpc) is 3.62. The van der Waals surface area contributed by atoms with Crippen molar-refractivity contribution in [1.29, 1.82) is 0 Å². The Morgan fingerprint density at radius 2 is 1.36 bits per heavy atom. The van der Waals surface area contributed by atoms with Crippen molar-refractivity contribution in [1.82, 2.24) is 26.3 Å². The summed E-state index contributed by atoms with van der Waals surface area (Å²) in [7, 11) is 0. The number of carboxylic acid groups (broad SMARTS) is 1. The lowest BCUT2D eigenvalue weighted by molar-refractivity contribution is -0.138. The monoisotopic (exact) mass is 871 g/mol. The third-order valence-corrected chi connectivity index (χ3v) is 11.8. The Morgan fingerprint density at radius 3 is 1.92 bits per heavy atom. The fourth-order valence-corrected chi connectivity index (χ4v) is 7.85. The van der Waals surface area contributed by atoms with E-state index in [0.717, 1.165) is 16.8 Å². The summed E-state index contributed by atoms with van der Waals surface area (Å²) in [5.41, 5.74) is 3.94. The highest BCUT2D eigenvalue weighted by molar-refractivity contribution is 6.38. The van der Waals surface area contributed by atoms with Crippen LogP contribution in [0.5, 0.6) is 5.75 Å². The van der Waals surface area contributed by atoms with Gasteiger partial charge < -0.3 is 41.2 Å². The molecule has 4 amide bonds. The zero-order chi connectivity index (χ0) is 44.1. The van der Waals surface area contributed by atoms with E-state index in [1.165, 1.54) is 23.3 Å². The number of rotatable bonds is 16. The fraction of sp³-hybridized carbons (Fsp3) is 0.362. The van der Waals surface area contributed by atoms with E-state index in [1.807, 2.05) is 57.2 Å². The van der Waals surface area contributed by atoms with Crippen LogP contribution in [0.15, 0.2) is 97.1 Å². The smallest absolute Gasteiger partial charge is 0.405 e. The lowest BCUT2D eigenvalue weighted by Crippen LogP contribution is -2.67. The van der Waals surface area contributed by atoms with Gasteiger partial charge in [-0.3, -0.25) is 14.4 Å². The lowest BCUT2D eigenvalue weighted by atomic mass is 9.78. The van der Waals surface area contributed by atoms with Gasteiger partial charge in [-0.25, -0.2) is 4.79 Å². The highest BCUT2D eigenvalue weighted by Gasteiger charge is 2.47. The number of aromatic hydroxyl groups is 1. The van der Waals surface area contributed by atoms with Crippen molar-refractivity contribution in [3.63, 3.8) is 0 Å². The number of phenolic OH excluding ortho intramolecular Hbond substituents is 1. The third kappa shape index (κ3) is 12.5. The predicted molar refractivity (Wildman–Crippen MR) is 238 cm³/mol. The van der Waals surface area contributed by atoms with Crippen LogP contribution in [0, 0.1) is 11.8 Å². The van der Waals surface area contributed by atoms with Gasteiger partial charge in [0.15, 0.2) is 0 Å². The van der Waals surface area contributed by atoms with Gasteiger partial charge >= 0.3 is 6.09 Å². The molecule has 1 aliphatic carbocycles. The average molecular weight is 873 g/mol. The van der Waals surface area contributed by atoms with Gasteiger partial charge in [-0.05, 0) is 71.2 Å². The topological polar surface area (TPSA) is 182 Å². The zero-order valence-corrected chi connectivity index (χ0v) is 36.4. The summed E-state index contributed by atoms with van der Waals surface area (Å²) in [4.78, 5) is 56.8. The first kappa shape index (κ1) is 46.5. The number of carbonyl (C=O) groups is 4. The predicted octanol–water partition coefficient (Wildman–Crippen LogP) is 8.46. The summed E-state index contributed by atoms with van der Waals surface area (Å²) in [6.45, 7) is 8.90. The number of carbonyl (C=O) groups excluding carboxylic acids is 3. The number of amides is 4. The second-order valence-electron chi connectivity index (χ2n) is 15.6. The first-order chi connectivity index (χ1) is 29.2. The maximum Gasteiger partial charge on any atom is 0.405 e. The molecule has 7 N–H and O–H groups in total. The minimum Gasteiger partial charge on any atom is -0.508 e. The number of halogens is 2. The van der Waals surface area contributed by atoms with Crippen molar-refractivity contribution in [2.75, 3.05) is 0 Å². The molecule has 14 heteroatoms. The molecule has 61 heavy (non-hydrogen) atoms. The van der Waals surface area contributed by atoms with Gasteiger partial charge in [0.25, 0.3) is 0 Å². The Kier molecular flexibility index (Phi) is 16.6. The van der Waals surface area contributed by atoms with Crippen molar-refractivity contribution in [3.8, 4) is 5.75 Å². The molecule has 2 unspecified atom stereocenters.